The van der Waals surface area contributed by atoms with Gasteiger partial charge in [-0.05, 0) is 42.2 Å². The van der Waals surface area contributed by atoms with Crippen LogP contribution in [0.4, 0.5) is 0 Å². The normalized spacial score (nSPS) is 17.6. The fourth-order valence-electron chi connectivity index (χ4n) is 2.02. The van der Waals surface area contributed by atoms with E-state index in [1.54, 1.807) is 0 Å². The van der Waals surface area contributed by atoms with Crippen LogP contribution >= 0.6 is 11.8 Å². The number of benzene rings is 1. The molecule has 1 aliphatic rings. The predicted molar refractivity (Wildman–Crippen MR) is 65.6 cm³/mol. The zero-order chi connectivity index (χ0) is 10.5. The maximum absolute atomic E-state index is 10.5. The van der Waals surface area contributed by atoms with E-state index in [1.807, 2.05) is 12.1 Å². The molecule has 80 valence electrons. The predicted octanol–water partition coefficient (Wildman–Crippen LogP) is 3.18. The molecule has 0 saturated carbocycles. The van der Waals surface area contributed by atoms with Gasteiger partial charge in [0, 0.05) is 5.56 Å². The fourth-order valence-corrected chi connectivity index (χ4v) is 3.22. The Balaban J connectivity index is 1.94. The minimum Gasteiger partial charge on any atom is -0.298 e. The lowest BCUT2D eigenvalue weighted by Gasteiger charge is -2.21. The summed E-state index contributed by atoms with van der Waals surface area (Å²) >= 11 is 2.07. The Morgan fingerprint density at radius 3 is 2.47 bits per heavy atom. The summed E-state index contributed by atoms with van der Waals surface area (Å²) in [5.74, 6) is 3.49. The molecule has 0 amide bonds. The van der Waals surface area contributed by atoms with Crippen molar-refractivity contribution in [3.8, 4) is 0 Å². The van der Waals surface area contributed by atoms with Gasteiger partial charge in [0.15, 0.2) is 0 Å². The van der Waals surface area contributed by atoms with Crippen molar-refractivity contribution in [3.63, 3.8) is 0 Å². The molecule has 1 aliphatic heterocycles. The number of hydrogen-bond donors (Lipinski definition) is 0. The van der Waals surface area contributed by atoms with E-state index < -0.39 is 0 Å². The summed E-state index contributed by atoms with van der Waals surface area (Å²) in [5.41, 5.74) is 2.15. The van der Waals surface area contributed by atoms with Crippen LogP contribution in [0.15, 0.2) is 24.3 Å². The SMILES string of the molecule is O=Cc1ccc(CC2CCSCC2)cc1. The molecule has 0 aliphatic carbocycles. The maximum Gasteiger partial charge on any atom is 0.150 e. The number of carbonyl (C=O) groups is 1. The van der Waals surface area contributed by atoms with Crippen LogP contribution < -0.4 is 0 Å². The molecule has 2 heteroatoms. The van der Waals surface area contributed by atoms with E-state index >= 15 is 0 Å². The van der Waals surface area contributed by atoms with Crippen LogP contribution in [0.25, 0.3) is 0 Å². The Morgan fingerprint density at radius 2 is 1.87 bits per heavy atom. The molecule has 0 bridgehead atoms. The summed E-state index contributed by atoms with van der Waals surface area (Å²) in [5, 5.41) is 0. The second-order valence-corrected chi connectivity index (χ2v) is 5.34. The quantitative estimate of drug-likeness (QED) is 0.728. The van der Waals surface area contributed by atoms with E-state index in [2.05, 4.69) is 23.9 Å². The molecule has 0 N–H and O–H groups in total. The molecule has 1 saturated heterocycles. The van der Waals surface area contributed by atoms with Gasteiger partial charge < -0.3 is 0 Å². The van der Waals surface area contributed by atoms with Gasteiger partial charge in [0.2, 0.25) is 0 Å². The van der Waals surface area contributed by atoms with Gasteiger partial charge in [-0.1, -0.05) is 24.3 Å². The molecule has 0 atom stereocenters. The summed E-state index contributed by atoms with van der Waals surface area (Å²) in [7, 11) is 0. The van der Waals surface area contributed by atoms with Crippen LogP contribution in [0.2, 0.25) is 0 Å². The molecule has 1 nitrogen and oxygen atoms in total. The van der Waals surface area contributed by atoms with Crippen molar-refractivity contribution >= 4 is 18.0 Å². The lowest BCUT2D eigenvalue weighted by atomic mass is 9.94. The van der Waals surface area contributed by atoms with Gasteiger partial charge >= 0.3 is 0 Å². The van der Waals surface area contributed by atoms with Crippen LogP contribution in [0.3, 0.4) is 0 Å². The molecular formula is C13H16OS. The molecule has 0 radical (unpaired) electrons. The Labute approximate surface area is 95.3 Å². The van der Waals surface area contributed by atoms with Gasteiger partial charge in [-0.15, -0.1) is 0 Å². The van der Waals surface area contributed by atoms with Gasteiger partial charge in [-0.3, -0.25) is 4.79 Å². The first kappa shape index (κ1) is 10.7. The van der Waals surface area contributed by atoms with Crippen LogP contribution in [0, 0.1) is 5.92 Å². The third-order valence-electron chi connectivity index (χ3n) is 2.98. The lowest BCUT2D eigenvalue weighted by Crippen LogP contribution is -2.12. The highest BCUT2D eigenvalue weighted by Crippen LogP contribution is 2.25. The zero-order valence-corrected chi connectivity index (χ0v) is 9.63. The van der Waals surface area contributed by atoms with Crippen molar-refractivity contribution in [1.82, 2.24) is 0 Å². The third-order valence-corrected chi connectivity index (χ3v) is 4.03. The molecule has 2 rings (SSSR count). The summed E-state index contributed by atoms with van der Waals surface area (Å²) in [6.45, 7) is 0. The summed E-state index contributed by atoms with van der Waals surface area (Å²) in [6.07, 6.45) is 4.78. The Bertz CT molecular complexity index is 312. The second-order valence-electron chi connectivity index (χ2n) is 4.12. The standard InChI is InChI=1S/C13H16OS/c14-10-13-3-1-11(2-4-13)9-12-5-7-15-8-6-12/h1-4,10,12H,5-9H2. The summed E-state index contributed by atoms with van der Waals surface area (Å²) in [6, 6.07) is 8.01. The molecule has 0 aromatic heterocycles. The van der Waals surface area contributed by atoms with Crippen molar-refractivity contribution in [3.05, 3.63) is 35.4 Å². The lowest BCUT2D eigenvalue weighted by molar-refractivity contribution is 0.112. The number of carbonyl (C=O) groups excluding carboxylic acids is 1. The number of thioether (sulfide) groups is 1. The smallest absolute Gasteiger partial charge is 0.150 e. The molecule has 0 unspecified atom stereocenters. The van der Waals surface area contributed by atoms with Crippen LogP contribution in [0.1, 0.15) is 28.8 Å². The first-order valence-electron chi connectivity index (χ1n) is 5.50. The van der Waals surface area contributed by atoms with Crippen molar-refractivity contribution in [1.29, 1.82) is 0 Å². The van der Waals surface area contributed by atoms with Crippen molar-refractivity contribution in [2.75, 3.05) is 11.5 Å². The molecule has 1 aromatic rings. The van der Waals surface area contributed by atoms with Crippen molar-refractivity contribution < 1.29 is 4.79 Å². The van der Waals surface area contributed by atoms with E-state index in [0.717, 1.165) is 17.8 Å². The molecule has 1 aromatic carbocycles. The fraction of sp³-hybridized carbons (Fsp3) is 0.462. The average molecular weight is 220 g/mol. The number of aldehydes is 1. The van der Waals surface area contributed by atoms with E-state index in [-0.39, 0.29) is 0 Å². The highest BCUT2D eigenvalue weighted by atomic mass is 32.2. The van der Waals surface area contributed by atoms with E-state index in [9.17, 15) is 4.79 Å². The number of rotatable bonds is 3. The third kappa shape index (κ3) is 3.10. The van der Waals surface area contributed by atoms with E-state index in [0.29, 0.717) is 0 Å². The topological polar surface area (TPSA) is 17.1 Å². The van der Waals surface area contributed by atoms with Gasteiger partial charge in [0.25, 0.3) is 0 Å². The molecule has 15 heavy (non-hydrogen) atoms. The van der Waals surface area contributed by atoms with Gasteiger partial charge in [-0.2, -0.15) is 11.8 Å². The highest BCUT2D eigenvalue weighted by molar-refractivity contribution is 7.99. The first-order valence-corrected chi connectivity index (χ1v) is 6.66. The zero-order valence-electron chi connectivity index (χ0n) is 8.82. The van der Waals surface area contributed by atoms with Crippen LogP contribution in [-0.2, 0) is 6.42 Å². The van der Waals surface area contributed by atoms with E-state index in [1.165, 1.54) is 36.3 Å². The average Bonchev–Trinajstić information content (AvgIpc) is 2.31. The van der Waals surface area contributed by atoms with Gasteiger partial charge in [-0.25, -0.2) is 0 Å². The molecule has 1 heterocycles. The van der Waals surface area contributed by atoms with Crippen LogP contribution in [-0.4, -0.2) is 17.8 Å². The molecular weight excluding hydrogens is 204 g/mol. The summed E-state index contributed by atoms with van der Waals surface area (Å²) < 4.78 is 0. The Kier molecular flexibility index (Phi) is 3.84. The van der Waals surface area contributed by atoms with Gasteiger partial charge in [0.05, 0.1) is 0 Å². The monoisotopic (exact) mass is 220 g/mol. The summed E-state index contributed by atoms with van der Waals surface area (Å²) in [4.78, 5) is 10.5. The number of hydrogen-bond acceptors (Lipinski definition) is 2. The van der Waals surface area contributed by atoms with Gasteiger partial charge in [0.1, 0.15) is 6.29 Å². The largest absolute Gasteiger partial charge is 0.298 e. The van der Waals surface area contributed by atoms with Crippen molar-refractivity contribution in [2.24, 2.45) is 5.92 Å². The maximum atomic E-state index is 10.5. The Morgan fingerprint density at radius 1 is 1.20 bits per heavy atom. The van der Waals surface area contributed by atoms with Crippen molar-refractivity contribution in [2.45, 2.75) is 19.3 Å². The molecule has 0 spiro atoms. The Hall–Kier alpha value is -0.760. The molecule has 1 fully saturated rings. The first-order chi connectivity index (χ1) is 7.38. The highest BCUT2D eigenvalue weighted by Gasteiger charge is 2.13. The van der Waals surface area contributed by atoms with Crippen LogP contribution in [0.5, 0.6) is 0 Å². The minimum atomic E-state index is 0.776. The minimum absolute atomic E-state index is 0.776. The second kappa shape index (κ2) is 5.36. The van der Waals surface area contributed by atoms with E-state index in [4.69, 9.17) is 0 Å².